The van der Waals surface area contributed by atoms with E-state index in [9.17, 15) is 9.18 Å². The lowest BCUT2D eigenvalue weighted by molar-refractivity contribution is 0.0469. The molecule has 0 aliphatic heterocycles. The Morgan fingerprint density at radius 2 is 2.00 bits per heavy atom. The molecule has 0 aromatic heterocycles. The smallest absolute Gasteiger partial charge is 0.338 e. The predicted molar refractivity (Wildman–Crippen MR) is 84.1 cm³/mol. The number of carbonyl (C=O) groups is 1. The largest absolute Gasteiger partial charge is 0.457 e. The third kappa shape index (κ3) is 3.87. The Morgan fingerprint density at radius 1 is 1.29 bits per heavy atom. The monoisotopic (exact) mass is 391 g/mol. The molecule has 110 valence electrons. The first kappa shape index (κ1) is 16.1. The summed E-state index contributed by atoms with van der Waals surface area (Å²) in [5.41, 5.74) is 6.21. The number of anilines is 1. The Hall–Kier alpha value is -1.30. The van der Waals surface area contributed by atoms with E-state index in [0.717, 1.165) is 0 Å². The average Bonchev–Trinajstić information content (AvgIpc) is 2.43. The summed E-state index contributed by atoms with van der Waals surface area (Å²) >= 11 is 14.8. The van der Waals surface area contributed by atoms with Gasteiger partial charge in [0.05, 0.1) is 21.3 Å². The van der Waals surface area contributed by atoms with Crippen LogP contribution in [0.5, 0.6) is 0 Å². The molecule has 21 heavy (non-hydrogen) atoms. The molecule has 2 aromatic carbocycles. The van der Waals surface area contributed by atoms with Crippen LogP contribution in [0, 0.1) is 5.82 Å². The fourth-order valence-corrected chi connectivity index (χ4v) is 2.26. The second-order valence-corrected chi connectivity index (χ2v) is 5.87. The van der Waals surface area contributed by atoms with Crippen molar-refractivity contribution < 1.29 is 13.9 Å². The molecule has 0 radical (unpaired) electrons. The van der Waals surface area contributed by atoms with Crippen LogP contribution in [-0.2, 0) is 11.3 Å². The zero-order valence-electron chi connectivity index (χ0n) is 10.5. The number of nitrogen functional groups attached to an aromatic ring is 1. The maximum Gasteiger partial charge on any atom is 0.338 e. The highest BCUT2D eigenvalue weighted by Crippen LogP contribution is 2.29. The summed E-state index contributed by atoms with van der Waals surface area (Å²) < 4.78 is 19.2. The molecule has 0 unspecified atom stereocenters. The number of halogens is 4. The Morgan fingerprint density at radius 3 is 2.62 bits per heavy atom. The first-order valence-electron chi connectivity index (χ1n) is 5.74. The zero-order chi connectivity index (χ0) is 15.6. The highest BCUT2D eigenvalue weighted by Gasteiger charge is 2.13. The Labute approximate surface area is 138 Å². The lowest BCUT2D eigenvalue weighted by atomic mass is 10.2. The van der Waals surface area contributed by atoms with Gasteiger partial charge in [-0.2, -0.15) is 0 Å². The Bertz CT molecular complexity index is 686. The molecule has 0 aliphatic rings. The van der Waals surface area contributed by atoms with E-state index in [4.69, 9.17) is 33.7 Å². The van der Waals surface area contributed by atoms with Gasteiger partial charge in [-0.15, -0.1) is 0 Å². The molecular formula is C14H9BrCl2FNO2. The Balaban J connectivity index is 2.12. The zero-order valence-corrected chi connectivity index (χ0v) is 13.6. The van der Waals surface area contributed by atoms with Gasteiger partial charge in [0, 0.05) is 10.0 Å². The number of hydrogen-bond donors (Lipinski definition) is 1. The van der Waals surface area contributed by atoms with Crippen molar-refractivity contribution >= 4 is 50.8 Å². The maximum absolute atomic E-state index is 13.6. The first-order chi connectivity index (χ1) is 9.88. The van der Waals surface area contributed by atoms with E-state index >= 15 is 0 Å². The third-order valence-corrected chi connectivity index (χ3v) is 3.98. The van der Waals surface area contributed by atoms with E-state index in [1.54, 1.807) is 6.07 Å². The molecule has 0 heterocycles. The number of esters is 1. The van der Waals surface area contributed by atoms with Crippen LogP contribution in [0.3, 0.4) is 0 Å². The molecule has 0 saturated heterocycles. The number of ether oxygens (including phenoxy) is 1. The molecule has 3 nitrogen and oxygen atoms in total. The van der Waals surface area contributed by atoms with E-state index in [-0.39, 0.29) is 33.5 Å². The van der Waals surface area contributed by atoms with Gasteiger partial charge in [0.2, 0.25) is 0 Å². The first-order valence-corrected chi connectivity index (χ1v) is 7.29. The molecule has 2 rings (SSSR count). The van der Waals surface area contributed by atoms with Crippen molar-refractivity contribution in [2.45, 2.75) is 6.61 Å². The van der Waals surface area contributed by atoms with Crippen molar-refractivity contribution in [2.75, 3.05) is 5.73 Å². The van der Waals surface area contributed by atoms with Crippen molar-refractivity contribution in [1.29, 1.82) is 0 Å². The van der Waals surface area contributed by atoms with E-state index in [1.807, 2.05) is 0 Å². The average molecular weight is 393 g/mol. The normalized spacial score (nSPS) is 10.5. The lowest BCUT2D eigenvalue weighted by Crippen LogP contribution is -2.07. The number of carbonyl (C=O) groups excluding carboxylic acids is 1. The van der Waals surface area contributed by atoms with Crippen molar-refractivity contribution in [3.05, 3.63) is 61.8 Å². The van der Waals surface area contributed by atoms with Crippen molar-refractivity contribution in [3.63, 3.8) is 0 Å². The highest BCUT2D eigenvalue weighted by atomic mass is 79.9. The highest BCUT2D eigenvalue weighted by molar-refractivity contribution is 9.10. The molecule has 0 aliphatic carbocycles. The lowest BCUT2D eigenvalue weighted by Gasteiger charge is -2.08. The molecule has 2 aromatic rings. The third-order valence-electron chi connectivity index (χ3n) is 2.67. The molecule has 7 heteroatoms. The van der Waals surface area contributed by atoms with Crippen LogP contribution in [0.2, 0.25) is 10.0 Å². The number of hydrogen-bond acceptors (Lipinski definition) is 3. The van der Waals surface area contributed by atoms with Crippen LogP contribution in [-0.4, -0.2) is 5.97 Å². The van der Waals surface area contributed by atoms with Crippen LogP contribution in [0.1, 0.15) is 15.9 Å². The summed E-state index contributed by atoms with van der Waals surface area (Å²) in [7, 11) is 0. The van der Waals surface area contributed by atoms with Crippen molar-refractivity contribution in [2.24, 2.45) is 0 Å². The molecule has 0 amide bonds. The number of rotatable bonds is 3. The van der Waals surface area contributed by atoms with E-state index < -0.39 is 11.8 Å². The van der Waals surface area contributed by atoms with Gasteiger partial charge >= 0.3 is 5.97 Å². The molecule has 0 saturated carbocycles. The van der Waals surface area contributed by atoms with Gasteiger partial charge in [0.25, 0.3) is 0 Å². The van der Waals surface area contributed by atoms with Crippen LogP contribution in [0.25, 0.3) is 0 Å². The predicted octanol–water partition coefficient (Wildman–Crippen LogP) is 4.83. The summed E-state index contributed by atoms with van der Waals surface area (Å²) in [6.07, 6.45) is 0. The van der Waals surface area contributed by atoms with Crippen molar-refractivity contribution in [1.82, 2.24) is 0 Å². The SMILES string of the molecule is Nc1cc(C(=O)OCc2ccc(Br)cc2F)cc(Cl)c1Cl. The Kier molecular flexibility index (Phi) is 5.08. The second-order valence-electron chi connectivity index (χ2n) is 4.17. The summed E-state index contributed by atoms with van der Waals surface area (Å²) in [6, 6.07) is 7.18. The second kappa shape index (κ2) is 6.64. The molecule has 2 N–H and O–H groups in total. The fourth-order valence-electron chi connectivity index (χ4n) is 1.59. The number of benzene rings is 2. The minimum Gasteiger partial charge on any atom is -0.457 e. The van der Waals surface area contributed by atoms with E-state index in [1.165, 1.54) is 24.3 Å². The van der Waals surface area contributed by atoms with Crippen LogP contribution >= 0.6 is 39.1 Å². The van der Waals surface area contributed by atoms with Gasteiger partial charge in [-0.3, -0.25) is 0 Å². The van der Waals surface area contributed by atoms with Crippen LogP contribution < -0.4 is 5.73 Å². The number of nitrogens with two attached hydrogens (primary N) is 1. The molecule has 0 spiro atoms. The van der Waals surface area contributed by atoms with E-state index in [0.29, 0.717) is 4.47 Å². The maximum atomic E-state index is 13.6. The van der Waals surface area contributed by atoms with Gasteiger partial charge in [0.1, 0.15) is 12.4 Å². The van der Waals surface area contributed by atoms with Gasteiger partial charge in [-0.1, -0.05) is 45.2 Å². The topological polar surface area (TPSA) is 52.3 Å². The summed E-state index contributed by atoms with van der Waals surface area (Å²) in [5.74, 6) is -1.13. The molecular weight excluding hydrogens is 384 g/mol. The van der Waals surface area contributed by atoms with Gasteiger partial charge in [0.15, 0.2) is 0 Å². The summed E-state index contributed by atoms with van der Waals surface area (Å²) in [6.45, 7) is -0.196. The standard InChI is InChI=1S/C14H9BrCl2FNO2/c15-9-2-1-7(11(18)5-9)6-21-14(20)8-3-10(16)13(17)12(19)4-8/h1-5H,6,19H2. The van der Waals surface area contributed by atoms with Crippen LogP contribution in [0.4, 0.5) is 10.1 Å². The minimum atomic E-state index is -0.664. The minimum absolute atomic E-state index is 0.151. The van der Waals surface area contributed by atoms with Gasteiger partial charge in [-0.25, -0.2) is 9.18 Å². The summed E-state index contributed by atoms with van der Waals surface area (Å²) in [5, 5.41) is 0.325. The van der Waals surface area contributed by atoms with Crippen molar-refractivity contribution in [3.8, 4) is 0 Å². The molecule has 0 bridgehead atoms. The van der Waals surface area contributed by atoms with E-state index in [2.05, 4.69) is 15.9 Å². The quantitative estimate of drug-likeness (QED) is 0.600. The van der Waals surface area contributed by atoms with Gasteiger partial charge in [-0.05, 0) is 24.3 Å². The molecule has 0 fully saturated rings. The molecule has 0 atom stereocenters. The summed E-state index contributed by atoms with van der Waals surface area (Å²) in [4.78, 5) is 11.9. The fraction of sp³-hybridized carbons (Fsp3) is 0.0714. The van der Waals surface area contributed by atoms with Gasteiger partial charge < -0.3 is 10.5 Å². The van der Waals surface area contributed by atoms with Crippen LogP contribution in [0.15, 0.2) is 34.8 Å².